The molecule has 7 rings (SSSR count). The first-order valence-corrected chi connectivity index (χ1v) is 28.1. The highest BCUT2D eigenvalue weighted by Gasteiger charge is 2.45. The third-order valence-corrected chi connectivity index (χ3v) is 14.9. The van der Waals surface area contributed by atoms with Gasteiger partial charge in [-0.1, -0.05) is 71.0 Å². The van der Waals surface area contributed by atoms with Crippen molar-refractivity contribution in [2.75, 3.05) is 31.5 Å². The summed E-state index contributed by atoms with van der Waals surface area (Å²) in [4.78, 5) is 115. The minimum Gasteiger partial charge on any atom is -0.508 e. The molecular formula is C62H71F4N9O11. The molecule has 0 unspecified atom stereocenters. The molecular weight excluding hydrogens is 1120 g/mol. The van der Waals surface area contributed by atoms with Gasteiger partial charge >= 0.3 is 12.1 Å². The van der Waals surface area contributed by atoms with Crippen LogP contribution in [-0.4, -0.2) is 132 Å². The molecule has 2 aliphatic rings. The van der Waals surface area contributed by atoms with E-state index in [1.165, 1.54) is 72.6 Å². The largest absolute Gasteiger partial charge is 0.508 e. The molecule has 86 heavy (non-hydrogen) atoms. The number of ketones is 1. The fraction of sp³-hybridized carbons (Fsp3) is 0.403. The summed E-state index contributed by atoms with van der Waals surface area (Å²) in [6.45, 7) is 8.76. The van der Waals surface area contributed by atoms with Crippen LogP contribution in [0.2, 0.25) is 0 Å². The highest BCUT2D eigenvalue weighted by molar-refractivity contribution is 6.15. The summed E-state index contributed by atoms with van der Waals surface area (Å²) in [5, 5.41) is 28.6. The number of carbonyl (C=O) groups excluding carboxylic acids is 8. The van der Waals surface area contributed by atoms with Gasteiger partial charge in [-0.2, -0.15) is 0 Å². The zero-order valence-corrected chi connectivity index (χ0v) is 48.5. The predicted molar refractivity (Wildman–Crippen MR) is 307 cm³/mol. The number of Topliss-reactive ketones (excluding diaryl/α,β-unsaturated/α-hetero) is 1. The molecule has 0 aliphatic carbocycles. The lowest BCUT2D eigenvalue weighted by Crippen LogP contribution is -2.55. The molecule has 3 heterocycles. The Bertz CT molecular complexity index is 3310. The number of alkyl halides is 1. The van der Waals surface area contributed by atoms with Crippen LogP contribution < -0.4 is 21.7 Å². The number of carbonyl (C=O) groups is 8. The number of aliphatic hydroxyl groups is 1. The number of ether oxygens (including phenoxy) is 1. The van der Waals surface area contributed by atoms with Crippen molar-refractivity contribution in [3.05, 3.63) is 149 Å². The summed E-state index contributed by atoms with van der Waals surface area (Å²) in [5.74, 6) is -8.65. The van der Waals surface area contributed by atoms with Crippen LogP contribution in [0.25, 0.3) is 11.3 Å². The molecule has 5 aromatic rings. The summed E-state index contributed by atoms with van der Waals surface area (Å²) in [5.41, 5.74) is 5.88. The number of benzene rings is 4. The lowest BCUT2D eigenvalue weighted by molar-refractivity contribution is -0.146. The zero-order chi connectivity index (χ0) is 62.7. The number of amides is 8. The maximum absolute atomic E-state index is 16.3. The number of rotatable bonds is 25. The molecule has 0 radical (unpaired) electrons. The molecule has 1 saturated heterocycles. The van der Waals surface area contributed by atoms with E-state index in [1.54, 1.807) is 57.4 Å². The number of imidazole rings is 1. The van der Waals surface area contributed by atoms with Gasteiger partial charge in [0.1, 0.15) is 53.9 Å². The molecule has 2 aliphatic heterocycles. The van der Waals surface area contributed by atoms with E-state index in [9.17, 15) is 57.4 Å². The number of nitrogens with zero attached hydrogens (tertiary/aromatic N) is 5. The van der Waals surface area contributed by atoms with E-state index in [4.69, 9.17) is 15.5 Å². The number of nitrogens with one attached hydrogen (secondary N) is 3. The molecule has 0 bridgehead atoms. The minimum atomic E-state index is -1.68. The number of urea groups is 1. The second-order valence-electron chi connectivity index (χ2n) is 23.0. The van der Waals surface area contributed by atoms with Crippen LogP contribution in [0.3, 0.4) is 0 Å². The van der Waals surface area contributed by atoms with E-state index in [0.29, 0.717) is 22.4 Å². The summed E-state index contributed by atoms with van der Waals surface area (Å²) >= 11 is 0. The van der Waals surface area contributed by atoms with Crippen LogP contribution >= 0.6 is 0 Å². The fourth-order valence-electron chi connectivity index (χ4n) is 10.6. The van der Waals surface area contributed by atoms with Crippen molar-refractivity contribution in [3.8, 4) is 17.0 Å². The number of hydrogen-bond donors (Lipinski definition) is 6. The van der Waals surface area contributed by atoms with Crippen molar-refractivity contribution >= 4 is 53.1 Å². The van der Waals surface area contributed by atoms with Gasteiger partial charge in [-0.3, -0.25) is 33.7 Å². The molecule has 24 heteroatoms. The average molecular weight is 1190 g/mol. The Hall–Kier alpha value is -8.93. The highest BCUT2D eigenvalue weighted by atomic mass is 19.1. The van der Waals surface area contributed by atoms with E-state index in [-0.39, 0.29) is 81.3 Å². The number of aromatic hydroxyl groups is 1. The number of anilines is 1. The summed E-state index contributed by atoms with van der Waals surface area (Å²) in [6, 6.07) is 16.2. The van der Waals surface area contributed by atoms with Crippen LogP contribution in [-0.2, 0) is 53.1 Å². The Morgan fingerprint density at radius 2 is 1.51 bits per heavy atom. The topological polar surface area (TPSA) is 276 Å². The first-order valence-electron chi connectivity index (χ1n) is 28.1. The summed E-state index contributed by atoms with van der Waals surface area (Å²) < 4.78 is 67.8. The van der Waals surface area contributed by atoms with Gasteiger partial charge in [0, 0.05) is 80.5 Å². The molecule has 20 nitrogen and oxygen atoms in total. The van der Waals surface area contributed by atoms with Gasteiger partial charge in [0.2, 0.25) is 11.8 Å². The van der Waals surface area contributed by atoms with Crippen LogP contribution in [0.5, 0.6) is 5.75 Å². The Kier molecular flexibility index (Phi) is 21.3. The maximum atomic E-state index is 16.3. The summed E-state index contributed by atoms with van der Waals surface area (Å²) in [6.07, 6.45) is -0.827. The Morgan fingerprint density at radius 3 is 2.14 bits per heavy atom. The standard InChI is InChI=1S/C62H71F4N9O11/c1-35(2)54(71-58(82)50(75-52(79)22-23-53(75)80)26-37-14-19-45(77)20-15-37)51(78)27-40(10-8-24-68-60(67)84)57(81)69-44-17-12-38(13-18-44)34-86-61(85)73-30-41(48(66)32-73)31-74(59(83)36(3)76)55(62(4,5)6)56-70-49(46-28-43(64)16-21-47(46)65)33-72(56)29-39-9-7-11-42(63)25-39/h7,9,11-23,25,28,33,35-36,40-41,48,50,54-55,76-77H,8,10,24,26-27,29-32,34H2,1-6H3,(H,69,81)(H,71,82)(H3,67,68,84)/t36-,40+,41-,48-,50-,54-,55-/m0/s1. The van der Waals surface area contributed by atoms with Gasteiger partial charge in [0.15, 0.2) is 5.78 Å². The van der Waals surface area contributed by atoms with Crippen molar-refractivity contribution in [1.29, 1.82) is 0 Å². The van der Waals surface area contributed by atoms with Gasteiger partial charge in [-0.15, -0.1) is 0 Å². The Morgan fingerprint density at radius 1 is 0.849 bits per heavy atom. The quantitative estimate of drug-likeness (QED) is 0.0191. The number of primary amides is 1. The van der Waals surface area contributed by atoms with E-state index in [0.717, 1.165) is 40.2 Å². The molecule has 458 valence electrons. The number of aliphatic hydroxyl groups excluding tert-OH is 1. The second-order valence-corrected chi connectivity index (χ2v) is 23.0. The first kappa shape index (κ1) is 64.6. The Balaban J connectivity index is 1.01. The lowest BCUT2D eigenvalue weighted by atomic mass is 9.84. The third-order valence-electron chi connectivity index (χ3n) is 14.9. The van der Waals surface area contributed by atoms with Crippen LogP contribution in [0.4, 0.5) is 32.8 Å². The van der Waals surface area contributed by atoms with Gasteiger partial charge in [0.05, 0.1) is 24.3 Å². The van der Waals surface area contributed by atoms with Gasteiger partial charge in [-0.05, 0) is 102 Å². The molecule has 7 N–H and O–H groups in total. The Labute approximate surface area is 494 Å². The van der Waals surface area contributed by atoms with Crippen LogP contribution in [0, 0.1) is 40.6 Å². The first-order chi connectivity index (χ1) is 40.7. The van der Waals surface area contributed by atoms with Crippen LogP contribution in [0.1, 0.15) is 89.4 Å². The second kappa shape index (κ2) is 28.3. The number of halogens is 4. The monoisotopic (exact) mass is 1190 g/mol. The van der Waals surface area contributed by atoms with Gasteiger partial charge < -0.3 is 51.0 Å². The van der Waals surface area contributed by atoms with Crippen molar-refractivity contribution in [2.24, 2.45) is 28.9 Å². The maximum Gasteiger partial charge on any atom is 0.410 e. The van der Waals surface area contributed by atoms with Crippen molar-refractivity contribution in [1.82, 2.24) is 34.9 Å². The fourth-order valence-corrected chi connectivity index (χ4v) is 10.6. The molecule has 8 amide bonds. The number of phenolic OH excluding ortho intramolecular Hbond substituents is 1. The molecule has 1 aromatic heterocycles. The normalized spacial score (nSPS) is 16.8. The molecule has 4 aromatic carbocycles. The molecule has 7 atom stereocenters. The van der Waals surface area contributed by atoms with E-state index in [2.05, 4.69) is 16.0 Å². The average Bonchev–Trinajstić information content (AvgIpc) is 1.71. The number of likely N-dealkylation sites (tertiary alicyclic amines) is 1. The van der Waals surface area contributed by atoms with Crippen molar-refractivity contribution in [2.45, 2.75) is 111 Å². The third kappa shape index (κ3) is 16.7. The molecule has 0 saturated carbocycles. The lowest BCUT2D eigenvalue weighted by Gasteiger charge is -2.41. The van der Waals surface area contributed by atoms with E-state index < -0.39 is 125 Å². The summed E-state index contributed by atoms with van der Waals surface area (Å²) in [7, 11) is 0. The van der Waals surface area contributed by atoms with Crippen molar-refractivity contribution < 1.29 is 70.9 Å². The minimum absolute atomic E-state index is 0.000793. The number of imide groups is 1. The number of hydrogen-bond acceptors (Lipinski definition) is 12. The zero-order valence-electron chi connectivity index (χ0n) is 48.5. The predicted octanol–water partition coefficient (Wildman–Crippen LogP) is 7.26. The molecule has 1 fully saturated rings. The van der Waals surface area contributed by atoms with Gasteiger partial charge in [0.25, 0.3) is 17.7 Å². The molecule has 0 spiro atoms. The van der Waals surface area contributed by atoms with Crippen LogP contribution in [0.15, 0.2) is 109 Å². The van der Waals surface area contributed by atoms with Crippen molar-refractivity contribution in [3.63, 3.8) is 0 Å². The smallest absolute Gasteiger partial charge is 0.410 e. The van der Waals surface area contributed by atoms with E-state index in [1.807, 2.05) is 0 Å². The number of aromatic nitrogens is 2. The number of phenols is 1. The van der Waals surface area contributed by atoms with Gasteiger partial charge in [-0.25, -0.2) is 32.1 Å². The highest BCUT2D eigenvalue weighted by Crippen LogP contribution is 2.41. The SMILES string of the molecule is CC(C)[C@H](NC(=O)[C@H](Cc1ccc(O)cc1)N1C(=O)C=CC1=O)C(=O)C[C@@H](CCCNC(N)=O)C(=O)Nc1ccc(COC(=O)N2C[C@@H](CN(C(=O)[C@H](C)O)[C@@H](c3nc(-c4cc(F)ccc4F)cn3Cc3cccc(F)c3)C(C)(C)C)[C@@H](F)C2)cc1. The van der Waals surface area contributed by atoms with E-state index >= 15 is 8.78 Å². The number of nitrogens with two attached hydrogens (primary N) is 1.